The molecule has 0 spiro atoms. The van der Waals surface area contributed by atoms with E-state index in [-0.39, 0.29) is 0 Å². The first-order valence-electron chi connectivity index (χ1n) is 6.40. The van der Waals surface area contributed by atoms with Gasteiger partial charge in [0.15, 0.2) is 0 Å². The van der Waals surface area contributed by atoms with Crippen molar-refractivity contribution in [2.45, 2.75) is 53.1 Å². The van der Waals surface area contributed by atoms with Crippen molar-refractivity contribution >= 4 is 0 Å². The van der Waals surface area contributed by atoms with Gasteiger partial charge in [0.1, 0.15) is 0 Å². The van der Waals surface area contributed by atoms with Gasteiger partial charge in [-0.3, -0.25) is 4.68 Å². The zero-order chi connectivity index (χ0) is 11.7. The van der Waals surface area contributed by atoms with Crippen molar-refractivity contribution in [2.75, 3.05) is 6.54 Å². The molecule has 0 aliphatic heterocycles. The summed E-state index contributed by atoms with van der Waals surface area (Å²) in [5.74, 6) is 0.935. The third-order valence-electron chi connectivity index (χ3n) is 3.58. The molecule has 0 radical (unpaired) electrons. The van der Waals surface area contributed by atoms with E-state index in [1.54, 1.807) is 0 Å². The van der Waals surface area contributed by atoms with Crippen LogP contribution in [0.3, 0.4) is 0 Å². The maximum atomic E-state index is 4.57. The van der Waals surface area contributed by atoms with Gasteiger partial charge in [-0.1, -0.05) is 0 Å². The molecule has 1 N–H and O–H groups in total. The van der Waals surface area contributed by atoms with Crippen LogP contribution in [-0.2, 0) is 6.54 Å². The van der Waals surface area contributed by atoms with Crippen LogP contribution in [0.4, 0.5) is 0 Å². The average Bonchev–Trinajstić information content (AvgIpc) is 3.02. The van der Waals surface area contributed by atoms with Crippen LogP contribution in [0.15, 0.2) is 0 Å². The molecule has 1 aliphatic rings. The molecule has 16 heavy (non-hydrogen) atoms. The number of aromatic nitrogens is 2. The first kappa shape index (κ1) is 11.6. The number of aryl methyl sites for hydroxylation is 2. The van der Waals surface area contributed by atoms with E-state index in [4.69, 9.17) is 0 Å². The molecule has 1 atom stereocenters. The highest BCUT2D eigenvalue weighted by atomic mass is 15.3. The monoisotopic (exact) mass is 221 g/mol. The molecule has 0 bridgehead atoms. The van der Waals surface area contributed by atoms with Crippen LogP contribution in [0.25, 0.3) is 0 Å². The van der Waals surface area contributed by atoms with Crippen molar-refractivity contribution in [3.63, 3.8) is 0 Å². The van der Waals surface area contributed by atoms with Gasteiger partial charge in [0.05, 0.1) is 5.69 Å². The molecule has 2 rings (SSSR count). The molecule has 90 valence electrons. The van der Waals surface area contributed by atoms with Crippen molar-refractivity contribution in [1.29, 1.82) is 0 Å². The third kappa shape index (κ3) is 2.29. The smallest absolute Gasteiger partial charge is 0.0644 e. The lowest BCUT2D eigenvalue weighted by molar-refractivity contribution is 0.543. The van der Waals surface area contributed by atoms with E-state index in [0.29, 0.717) is 6.04 Å². The molecule has 3 nitrogen and oxygen atoms in total. The number of nitrogens with one attached hydrogen (secondary N) is 1. The highest BCUT2D eigenvalue weighted by Crippen LogP contribution is 2.29. The molecule has 1 aromatic heterocycles. The van der Waals surface area contributed by atoms with E-state index in [2.05, 4.69) is 42.8 Å². The summed E-state index contributed by atoms with van der Waals surface area (Å²) >= 11 is 0. The lowest BCUT2D eigenvalue weighted by atomic mass is 10.1. The summed E-state index contributed by atoms with van der Waals surface area (Å²) in [6.07, 6.45) is 2.82. The Bertz CT molecular complexity index is 363. The van der Waals surface area contributed by atoms with E-state index < -0.39 is 0 Å². The minimum absolute atomic E-state index is 0.431. The molecule has 1 fully saturated rings. The Morgan fingerprint density at radius 3 is 2.62 bits per heavy atom. The highest BCUT2D eigenvalue weighted by Gasteiger charge is 2.23. The fourth-order valence-electron chi connectivity index (χ4n) is 2.41. The van der Waals surface area contributed by atoms with Crippen LogP contribution in [0.5, 0.6) is 0 Å². The van der Waals surface area contributed by atoms with Crippen molar-refractivity contribution in [1.82, 2.24) is 15.1 Å². The Balaban J connectivity index is 2.07. The van der Waals surface area contributed by atoms with Crippen LogP contribution in [-0.4, -0.2) is 16.3 Å². The van der Waals surface area contributed by atoms with Gasteiger partial charge in [0, 0.05) is 23.8 Å². The molecule has 1 saturated carbocycles. The van der Waals surface area contributed by atoms with E-state index >= 15 is 0 Å². The van der Waals surface area contributed by atoms with Gasteiger partial charge >= 0.3 is 0 Å². The number of nitrogens with zero attached hydrogens (tertiary/aromatic N) is 2. The zero-order valence-corrected chi connectivity index (χ0v) is 10.9. The predicted molar refractivity (Wildman–Crippen MR) is 66.5 cm³/mol. The van der Waals surface area contributed by atoms with Gasteiger partial charge in [-0.05, 0) is 53.0 Å². The summed E-state index contributed by atoms with van der Waals surface area (Å²) in [5.41, 5.74) is 3.88. The minimum atomic E-state index is 0.431. The highest BCUT2D eigenvalue weighted by molar-refractivity contribution is 5.27. The molecule has 1 aromatic rings. The van der Waals surface area contributed by atoms with Crippen LogP contribution in [0.2, 0.25) is 0 Å². The molecule has 3 heteroatoms. The molecular formula is C13H23N3. The normalized spacial score (nSPS) is 17.8. The maximum absolute atomic E-state index is 4.57. The predicted octanol–water partition coefficient (Wildman–Crippen LogP) is 2.58. The average molecular weight is 221 g/mol. The quantitative estimate of drug-likeness (QED) is 0.828. The van der Waals surface area contributed by atoms with E-state index in [1.165, 1.54) is 29.8 Å². The zero-order valence-electron chi connectivity index (χ0n) is 10.9. The lowest BCUT2D eigenvalue weighted by Crippen LogP contribution is -2.22. The number of hydrogen-bond acceptors (Lipinski definition) is 2. The van der Waals surface area contributed by atoms with Crippen molar-refractivity contribution in [3.05, 3.63) is 17.0 Å². The summed E-state index contributed by atoms with van der Waals surface area (Å²) in [5, 5.41) is 8.20. The van der Waals surface area contributed by atoms with Gasteiger partial charge in [-0.25, -0.2) is 0 Å². The van der Waals surface area contributed by atoms with Crippen LogP contribution in [0.1, 0.15) is 49.7 Å². The molecule has 0 saturated heterocycles. The first-order valence-corrected chi connectivity index (χ1v) is 6.40. The van der Waals surface area contributed by atoms with E-state index in [0.717, 1.165) is 19.0 Å². The van der Waals surface area contributed by atoms with Crippen molar-refractivity contribution in [3.8, 4) is 0 Å². The van der Waals surface area contributed by atoms with Crippen molar-refractivity contribution < 1.29 is 0 Å². The van der Waals surface area contributed by atoms with E-state index in [1.807, 2.05) is 0 Å². The second-order valence-electron chi connectivity index (χ2n) is 4.97. The van der Waals surface area contributed by atoms with Crippen LogP contribution in [0, 0.1) is 19.8 Å². The Kier molecular flexibility index (Phi) is 3.33. The summed E-state index contributed by atoms with van der Waals surface area (Å²) in [4.78, 5) is 0. The summed E-state index contributed by atoms with van der Waals surface area (Å²) in [7, 11) is 0. The molecule has 0 aromatic carbocycles. The third-order valence-corrected chi connectivity index (χ3v) is 3.58. The second-order valence-corrected chi connectivity index (χ2v) is 4.97. The van der Waals surface area contributed by atoms with Gasteiger partial charge in [-0.15, -0.1) is 0 Å². The fraction of sp³-hybridized carbons (Fsp3) is 0.769. The Labute approximate surface area is 98.2 Å². The van der Waals surface area contributed by atoms with E-state index in [9.17, 15) is 0 Å². The maximum Gasteiger partial charge on any atom is 0.0644 e. The molecule has 0 amide bonds. The molecular weight excluding hydrogens is 198 g/mol. The Morgan fingerprint density at radius 1 is 1.44 bits per heavy atom. The van der Waals surface area contributed by atoms with Gasteiger partial charge < -0.3 is 5.32 Å². The summed E-state index contributed by atoms with van der Waals surface area (Å²) in [6.45, 7) is 10.8. The first-order chi connectivity index (χ1) is 7.63. The molecule has 1 aliphatic carbocycles. The molecule has 1 unspecified atom stereocenters. The number of hydrogen-bond donors (Lipinski definition) is 1. The Hall–Kier alpha value is -0.830. The second kappa shape index (κ2) is 4.58. The van der Waals surface area contributed by atoms with Crippen LogP contribution >= 0.6 is 0 Å². The SMILES string of the molecule is CCn1nc(C)c(C(C)NCC2CC2)c1C. The standard InChI is InChI=1S/C13H23N3/c1-5-16-11(4)13(10(3)15-16)9(2)14-8-12-6-7-12/h9,12,14H,5-8H2,1-4H3. The number of rotatable bonds is 5. The van der Waals surface area contributed by atoms with Crippen LogP contribution < -0.4 is 5.32 Å². The fourth-order valence-corrected chi connectivity index (χ4v) is 2.41. The topological polar surface area (TPSA) is 29.9 Å². The largest absolute Gasteiger partial charge is 0.310 e. The minimum Gasteiger partial charge on any atom is -0.310 e. The van der Waals surface area contributed by atoms with Crippen molar-refractivity contribution in [2.24, 2.45) is 5.92 Å². The summed E-state index contributed by atoms with van der Waals surface area (Å²) in [6, 6.07) is 0.431. The summed E-state index contributed by atoms with van der Waals surface area (Å²) < 4.78 is 2.10. The lowest BCUT2D eigenvalue weighted by Gasteiger charge is -2.14. The molecule has 1 heterocycles. The van der Waals surface area contributed by atoms with Gasteiger partial charge in [0.25, 0.3) is 0 Å². The van der Waals surface area contributed by atoms with Gasteiger partial charge in [-0.2, -0.15) is 5.10 Å². The Morgan fingerprint density at radius 2 is 2.12 bits per heavy atom. The van der Waals surface area contributed by atoms with Gasteiger partial charge in [0.2, 0.25) is 0 Å².